The Morgan fingerprint density at radius 3 is 2.81 bits per heavy atom. The maximum absolute atomic E-state index is 13.4. The Bertz CT molecular complexity index is 1320. The summed E-state index contributed by atoms with van der Waals surface area (Å²) in [6, 6.07) is 12.4. The second-order valence-electron chi connectivity index (χ2n) is 9.67. The number of nitriles is 1. The van der Waals surface area contributed by atoms with E-state index in [0.717, 1.165) is 18.1 Å². The number of anilines is 1. The number of carboxylic acids is 1. The maximum Gasteiger partial charge on any atom is 0.327 e. The summed E-state index contributed by atoms with van der Waals surface area (Å²) >= 11 is 0. The van der Waals surface area contributed by atoms with E-state index in [9.17, 15) is 19.6 Å². The molecule has 0 bridgehead atoms. The van der Waals surface area contributed by atoms with E-state index in [2.05, 4.69) is 16.7 Å². The van der Waals surface area contributed by atoms with Gasteiger partial charge in [-0.1, -0.05) is 12.1 Å². The zero-order valence-electron chi connectivity index (χ0n) is 20.2. The minimum Gasteiger partial charge on any atom is -0.493 e. The number of nitrogens with one attached hydrogen (secondary N) is 2. The van der Waals surface area contributed by atoms with Crippen LogP contribution in [0.2, 0.25) is 0 Å². The zero-order chi connectivity index (χ0) is 26.0. The third kappa shape index (κ3) is 5.06. The van der Waals surface area contributed by atoms with Crippen LogP contribution in [0.4, 0.5) is 5.69 Å². The molecule has 2 heterocycles. The van der Waals surface area contributed by atoms with Gasteiger partial charge in [0.1, 0.15) is 5.75 Å². The molecule has 9 heteroatoms. The van der Waals surface area contributed by atoms with Gasteiger partial charge in [-0.3, -0.25) is 9.59 Å². The van der Waals surface area contributed by atoms with Gasteiger partial charge in [-0.2, -0.15) is 5.26 Å². The Balaban J connectivity index is 1.35. The Morgan fingerprint density at radius 2 is 2.05 bits per heavy atom. The van der Waals surface area contributed by atoms with Gasteiger partial charge in [-0.25, -0.2) is 4.79 Å². The van der Waals surface area contributed by atoms with Gasteiger partial charge in [0.05, 0.1) is 30.9 Å². The Hall–Kier alpha value is -4.16. The molecule has 3 aliphatic rings. The summed E-state index contributed by atoms with van der Waals surface area (Å²) in [5, 5.41) is 24.2. The van der Waals surface area contributed by atoms with Gasteiger partial charge in [0.25, 0.3) is 5.91 Å². The second kappa shape index (κ2) is 10.1. The lowest BCUT2D eigenvalue weighted by Gasteiger charge is -2.27. The third-order valence-electron chi connectivity index (χ3n) is 7.34. The lowest BCUT2D eigenvalue weighted by molar-refractivity contribution is -0.131. The number of carboxylic acid groups (broad SMARTS) is 1. The fourth-order valence-corrected chi connectivity index (χ4v) is 5.25. The summed E-state index contributed by atoms with van der Waals surface area (Å²) in [5.74, 6) is -1.03. The number of ether oxygens (including phenoxy) is 2. The topological polar surface area (TPSA) is 138 Å². The fraction of sp³-hybridized carbons (Fsp3) is 0.357. The molecule has 37 heavy (non-hydrogen) atoms. The van der Waals surface area contributed by atoms with Crippen LogP contribution in [0.25, 0.3) is 0 Å². The van der Waals surface area contributed by atoms with Gasteiger partial charge in [0.2, 0.25) is 5.91 Å². The van der Waals surface area contributed by atoms with Gasteiger partial charge < -0.3 is 25.2 Å². The highest BCUT2D eigenvalue weighted by Gasteiger charge is 2.61. The van der Waals surface area contributed by atoms with E-state index in [0.29, 0.717) is 67.2 Å². The lowest BCUT2D eigenvalue weighted by atomic mass is 9.86. The molecule has 1 spiro atoms. The van der Waals surface area contributed by atoms with Crippen molar-refractivity contribution in [2.75, 3.05) is 25.1 Å². The van der Waals surface area contributed by atoms with Crippen molar-refractivity contribution in [3.8, 4) is 11.8 Å². The summed E-state index contributed by atoms with van der Waals surface area (Å²) in [6.45, 7) is 1.63. The number of nitrogens with zero attached hydrogens (tertiary/aromatic N) is 1. The first-order valence-electron chi connectivity index (χ1n) is 12.3. The molecule has 5 rings (SSSR count). The van der Waals surface area contributed by atoms with Crippen molar-refractivity contribution in [2.24, 2.45) is 5.92 Å². The van der Waals surface area contributed by atoms with E-state index in [-0.39, 0.29) is 23.8 Å². The van der Waals surface area contributed by atoms with Crippen LogP contribution in [0.3, 0.4) is 0 Å². The van der Waals surface area contributed by atoms with Gasteiger partial charge in [-0.15, -0.1) is 0 Å². The molecule has 0 unspecified atom stereocenters. The van der Waals surface area contributed by atoms with Crippen molar-refractivity contribution in [1.82, 2.24) is 5.32 Å². The average molecular weight is 502 g/mol. The Labute approximate surface area is 214 Å². The molecular formula is C28H27N3O6. The molecule has 0 aromatic heterocycles. The minimum atomic E-state index is -1.05. The number of carbonyl (C=O) groups is 3. The van der Waals surface area contributed by atoms with E-state index in [1.54, 1.807) is 30.3 Å². The van der Waals surface area contributed by atoms with Crippen molar-refractivity contribution in [3.05, 3.63) is 70.8 Å². The lowest BCUT2D eigenvalue weighted by Crippen LogP contribution is -2.35. The van der Waals surface area contributed by atoms with Crippen LogP contribution < -0.4 is 15.4 Å². The molecule has 1 aliphatic carbocycles. The molecule has 0 radical (unpaired) electrons. The SMILES string of the molecule is N#Cc1ccc(CC=CC(=O)O)c(NC(=O)[C@@H]2C[C@]23CCOc2ccc(C(=O)N[C@H]4CCOC4)cc23)c1. The molecule has 2 aliphatic heterocycles. The number of carbonyl (C=O) groups excluding carboxylic acids is 2. The number of rotatable bonds is 7. The predicted molar refractivity (Wildman–Crippen MR) is 133 cm³/mol. The van der Waals surface area contributed by atoms with E-state index < -0.39 is 11.4 Å². The Kier molecular flexibility index (Phi) is 6.68. The average Bonchev–Trinajstić information content (AvgIpc) is 3.37. The number of fused-ring (bicyclic) bond motifs is 2. The molecule has 2 amide bonds. The van der Waals surface area contributed by atoms with Crippen molar-refractivity contribution >= 4 is 23.5 Å². The molecule has 3 atom stereocenters. The summed E-state index contributed by atoms with van der Waals surface area (Å²) < 4.78 is 11.2. The summed E-state index contributed by atoms with van der Waals surface area (Å²) in [6.07, 6.45) is 4.91. The molecular weight excluding hydrogens is 474 g/mol. The molecule has 1 saturated carbocycles. The standard InChI is InChI=1S/C28H27N3O6/c29-15-17-4-5-18(2-1-3-25(32)33)23(12-17)31-27(35)22-14-28(22)9-11-37-24-7-6-19(13-21(24)28)26(34)30-20-8-10-36-16-20/h1,3-7,12-13,20,22H,2,8-11,14,16H2,(H,30,34)(H,31,35)(H,32,33)/t20-,22-,28-/m0/s1. The number of hydrogen-bond acceptors (Lipinski definition) is 6. The summed E-state index contributed by atoms with van der Waals surface area (Å²) in [7, 11) is 0. The zero-order valence-corrected chi connectivity index (χ0v) is 20.2. The largest absolute Gasteiger partial charge is 0.493 e. The molecule has 190 valence electrons. The van der Waals surface area contributed by atoms with E-state index >= 15 is 0 Å². The van der Waals surface area contributed by atoms with Crippen LogP contribution in [-0.4, -0.2) is 48.8 Å². The van der Waals surface area contributed by atoms with Gasteiger partial charge in [0.15, 0.2) is 0 Å². The maximum atomic E-state index is 13.4. The third-order valence-corrected chi connectivity index (χ3v) is 7.34. The summed E-state index contributed by atoms with van der Waals surface area (Å²) in [4.78, 5) is 37.1. The fourth-order valence-electron chi connectivity index (χ4n) is 5.25. The first kappa shape index (κ1) is 24.5. The molecule has 2 aromatic rings. The summed E-state index contributed by atoms with van der Waals surface area (Å²) in [5.41, 5.74) is 2.56. The number of aliphatic carboxylic acids is 1. The van der Waals surface area contributed by atoms with E-state index in [1.807, 2.05) is 6.07 Å². The normalized spacial score (nSPS) is 23.6. The molecule has 3 N–H and O–H groups in total. The second-order valence-corrected chi connectivity index (χ2v) is 9.67. The predicted octanol–water partition coefficient (Wildman–Crippen LogP) is 2.94. The monoisotopic (exact) mass is 501 g/mol. The number of benzene rings is 2. The van der Waals surface area contributed by atoms with Gasteiger partial charge in [-0.05, 0) is 61.6 Å². The number of amides is 2. The van der Waals surface area contributed by atoms with Crippen molar-refractivity contribution in [1.29, 1.82) is 5.26 Å². The van der Waals surface area contributed by atoms with Crippen LogP contribution in [0.15, 0.2) is 48.6 Å². The van der Waals surface area contributed by atoms with Crippen molar-refractivity contribution in [2.45, 2.75) is 37.1 Å². The van der Waals surface area contributed by atoms with Crippen LogP contribution in [0.5, 0.6) is 5.75 Å². The smallest absolute Gasteiger partial charge is 0.327 e. The van der Waals surface area contributed by atoms with Crippen LogP contribution in [0, 0.1) is 17.2 Å². The van der Waals surface area contributed by atoms with Crippen molar-refractivity contribution in [3.63, 3.8) is 0 Å². The first-order valence-corrected chi connectivity index (χ1v) is 12.3. The molecule has 2 aromatic carbocycles. The van der Waals surface area contributed by atoms with E-state index in [4.69, 9.17) is 14.6 Å². The first-order chi connectivity index (χ1) is 17.9. The quantitative estimate of drug-likeness (QED) is 0.496. The number of allylic oxidation sites excluding steroid dienone is 1. The van der Waals surface area contributed by atoms with Gasteiger partial charge >= 0.3 is 5.97 Å². The van der Waals surface area contributed by atoms with Crippen LogP contribution in [0.1, 0.15) is 46.3 Å². The number of hydrogen-bond donors (Lipinski definition) is 3. The van der Waals surface area contributed by atoms with Crippen LogP contribution >= 0.6 is 0 Å². The van der Waals surface area contributed by atoms with Gasteiger partial charge in [0, 0.05) is 40.8 Å². The molecule has 1 saturated heterocycles. The highest BCUT2D eigenvalue weighted by atomic mass is 16.5. The van der Waals surface area contributed by atoms with Crippen molar-refractivity contribution < 1.29 is 29.0 Å². The highest BCUT2D eigenvalue weighted by molar-refractivity contribution is 5.98. The Morgan fingerprint density at radius 1 is 1.19 bits per heavy atom. The van der Waals surface area contributed by atoms with E-state index in [1.165, 1.54) is 6.08 Å². The van der Waals surface area contributed by atoms with Crippen LogP contribution in [-0.2, 0) is 26.2 Å². The molecule has 9 nitrogen and oxygen atoms in total. The molecule has 2 fully saturated rings. The minimum absolute atomic E-state index is 0.00286. The highest BCUT2D eigenvalue weighted by Crippen LogP contribution is 2.61.